The highest BCUT2D eigenvalue weighted by Gasteiger charge is 2.26. The first-order chi connectivity index (χ1) is 5.66. The van der Waals surface area contributed by atoms with Gasteiger partial charge in [0, 0.05) is 0 Å². The highest BCUT2D eigenvalue weighted by molar-refractivity contribution is 5.76. The van der Waals surface area contributed by atoms with Gasteiger partial charge in [0.2, 0.25) is 0 Å². The molecule has 5 heteroatoms. The van der Waals surface area contributed by atoms with Crippen LogP contribution in [0.1, 0.15) is 19.3 Å². The van der Waals surface area contributed by atoms with Gasteiger partial charge >= 0.3 is 0 Å². The van der Waals surface area contributed by atoms with Crippen LogP contribution >= 0.6 is 0 Å². The van der Waals surface area contributed by atoms with Crippen molar-refractivity contribution < 1.29 is 26.3 Å². The molecule has 0 unspecified atom stereocenters. The summed E-state index contributed by atoms with van der Waals surface area (Å²) in [6.45, 7) is 2.73. The molecule has 3 N–H and O–H groups in total. The Morgan fingerprint density at radius 3 is 2.38 bits per heavy atom. The lowest BCUT2D eigenvalue weighted by atomic mass is 10.1. The molecule has 0 saturated carbocycles. The quantitative estimate of drug-likeness (QED) is 0.233. The van der Waals surface area contributed by atoms with Gasteiger partial charge in [-0.1, -0.05) is 0 Å². The summed E-state index contributed by atoms with van der Waals surface area (Å²) >= 11 is 0. The number of nitrogens with zero attached hydrogens (tertiary/aromatic N) is 1. The van der Waals surface area contributed by atoms with E-state index in [0.717, 1.165) is 17.6 Å². The molecule has 4 nitrogen and oxygen atoms in total. The molecule has 78 valence electrons. The predicted octanol–water partition coefficient (Wildman–Crippen LogP) is -3.39. The van der Waals surface area contributed by atoms with Crippen LogP contribution in [-0.4, -0.2) is 37.1 Å². The number of amides is 1. The molecule has 0 bridgehead atoms. The lowest BCUT2D eigenvalue weighted by molar-refractivity contribution is -0.906. The molecule has 1 aliphatic rings. The average Bonchev–Trinajstić information content (AvgIpc) is 2.05. The van der Waals surface area contributed by atoms with Gasteiger partial charge in [-0.15, -0.1) is 0 Å². The number of hydrogen-bond acceptors (Lipinski definition) is 2. The first kappa shape index (κ1) is 12.9. The van der Waals surface area contributed by atoms with Crippen molar-refractivity contribution in [3.8, 4) is 0 Å². The molecule has 1 aliphatic heterocycles. The fraction of sp³-hybridized carbons (Fsp3) is 0.875. The second-order valence-corrected chi connectivity index (χ2v) is 3.85. The highest BCUT2D eigenvalue weighted by Crippen LogP contribution is 2.15. The van der Waals surface area contributed by atoms with Crippen LogP contribution in [-0.2, 0) is 4.79 Å². The molecule has 0 radical (unpaired) electrons. The van der Waals surface area contributed by atoms with Crippen molar-refractivity contribution in [1.82, 2.24) is 5.43 Å². The van der Waals surface area contributed by atoms with Crippen molar-refractivity contribution in [2.75, 3.05) is 26.7 Å². The Labute approximate surface area is 89.8 Å². The number of piperidine rings is 1. The van der Waals surface area contributed by atoms with E-state index >= 15 is 0 Å². The third-order valence-electron chi connectivity index (χ3n) is 2.58. The summed E-state index contributed by atoms with van der Waals surface area (Å²) in [4.78, 5) is 11.0. The fourth-order valence-electron chi connectivity index (χ4n) is 1.83. The molecule has 0 aromatic heterocycles. The van der Waals surface area contributed by atoms with E-state index < -0.39 is 0 Å². The van der Waals surface area contributed by atoms with Crippen LogP contribution in [0.4, 0.5) is 0 Å². The van der Waals surface area contributed by atoms with Crippen molar-refractivity contribution in [2.45, 2.75) is 19.3 Å². The van der Waals surface area contributed by atoms with Gasteiger partial charge in [0.1, 0.15) is 0 Å². The summed E-state index contributed by atoms with van der Waals surface area (Å²) in [5.74, 6) is 4.98. The summed E-state index contributed by atoms with van der Waals surface area (Å²) in [7, 11) is 2.12. The number of hydrazine groups is 1. The molecule has 0 atom stereocenters. The lowest BCUT2D eigenvalue weighted by Gasteiger charge is -2.36. The number of quaternary nitrogens is 1. The first-order valence-corrected chi connectivity index (χ1v) is 4.49. The van der Waals surface area contributed by atoms with Crippen LogP contribution in [0.15, 0.2) is 0 Å². The molecule has 1 amide bonds. The smallest absolute Gasteiger partial charge is 0.289 e. The van der Waals surface area contributed by atoms with Gasteiger partial charge < -0.3 is 21.5 Å². The molecule has 13 heavy (non-hydrogen) atoms. The summed E-state index contributed by atoms with van der Waals surface area (Å²) in [6.07, 6.45) is 3.76. The first-order valence-electron chi connectivity index (χ1n) is 4.49. The SMILES string of the molecule is C[N+]1(CC(=O)NN)CCCCC1.[Br-]. The van der Waals surface area contributed by atoms with Gasteiger partial charge in [-0.05, 0) is 19.3 Å². The monoisotopic (exact) mass is 251 g/mol. The Balaban J connectivity index is 0.00000144. The molecule has 1 heterocycles. The van der Waals surface area contributed by atoms with E-state index in [9.17, 15) is 4.79 Å². The number of hydrogen-bond donors (Lipinski definition) is 2. The number of nitrogens with two attached hydrogens (primary N) is 1. The van der Waals surface area contributed by atoms with Gasteiger partial charge in [0.25, 0.3) is 5.91 Å². The van der Waals surface area contributed by atoms with E-state index in [4.69, 9.17) is 5.84 Å². The molecule has 1 fully saturated rings. The van der Waals surface area contributed by atoms with Crippen LogP contribution < -0.4 is 28.2 Å². The molecule has 1 saturated heterocycles. The molecule has 0 aliphatic carbocycles. The van der Waals surface area contributed by atoms with Crippen molar-refractivity contribution in [3.63, 3.8) is 0 Å². The van der Waals surface area contributed by atoms with Crippen LogP contribution in [0.3, 0.4) is 0 Å². The third-order valence-corrected chi connectivity index (χ3v) is 2.58. The summed E-state index contributed by atoms with van der Waals surface area (Å²) in [5, 5.41) is 0. The van der Waals surface area contributed by atoms with Gasteiger partial charge in [-0.2, -0.15) is 0 Å². The van der Waals surface area contributed by atoms with Gasteiger partial charge in [-0.25, -0.2) is 5.84 Å². The zero-order chi connectivity index (χ0) is 9.03. The number of carbonyl (C=O) groups is 1. The van der Waals surface area contributed by atoms with Crippen LogP contribution in [0.25, 0.3) is 0 Å². The topological polar surface area (TPSA) is 55.1 Å². The van der Waals surface area contributed by atoms with E-state index in [1.807, 2.05) is 0 Å². The van der Waals surface area contributed by atoms with Crippen molar-refractivity contribution in [2.24, 2.45) is 5.84 Å². The maximum absolute atomic E-state index is 11.0. The van der Waals surface area contributed by atoms with Crippen molar-refractivity contribution in [1.29, 1.82) is 0 Å². The van der Waals surface area contributed by atoms with Gasteiger partial charge in [0.15, 0.2) is 6.54 Å². The van der Waals surface area contributed by atoms with Gasteiger partial charge in [-0.3, -0.25) is 10.2 Å². The minimum atomic E-state index is -0.0561. The largest absolute Gasteiger partial charge is 1.00 e. The van der Waals surface area contributed by atoms with Crippen LogP contribution in [0.5, 0.6) is 0 Å². The molecule has 0 aromatic rings. The molecular formula is C8H18BrN3O. The van der Waals surface area contributed by atoms with Crippen molar-refractivity contribution in [3.05, 3.63) is 0 Å². The van der Waals surface area contributed by atoms with Gasteiger partial charge in [0.05, 0.1) is 20.1 Å². The Morgan fingerprint density at radius 2 is 1.92 bits per heavy atom. The second-order valence-electron chi connectivity index (χ2n) is 3.85. The normalized spacial score (nSPS) is 20.2. The molecule has 1 rings (SSSR count). The van der Waals surface area contributed by atoms with Crippen molar-refractivity contribution >= 4 is 5.91 Å². The average molecular weight is 252 g/mol. The molecule has 0 aromatic carbocycles. The Morgan fingerprint density at radius 1 is 1.38 bits per heavy atom. The standard InChI is InChI=1S/C8H17N3O.BrH/c1-11(7-8(12)10-9)5-3-2-4-6-11;/h2-7,9H2,1H3;1H. The predicted molar refractivity (Wildman–Crippen MR) is 47.0 cm³/mol. The minimum absolute atomic E-state index is 0. The van der Waals surface area contributed by atoms with E-state index in [1.54, 1.807) is 0 Å². The number of carbonyl (C=O) groups excluding carboxylic acids is 1. The number of nitrogens with one attached hydrogen (secondary N) is 1. The number of halogens is 1. The summed E-state index contributed by atoms with van der Waals surface area (Å²) in [6, 6.07) is 0. The second kappa shape index (κ2) is 5.57. The summed E-state index contributed by atoms with van der Waals surface area (Å²) < 4.78 is 0.850. The maximum atomic E-state index is 11.0. The number of rotatable bonds is 2. The molecule has 0 spiro atoms. The number of likely N-dealkylation sites (tertiary alicyclic amines) is 1. The summed E-state index contributed by atoms with van der Waals surface area (Å²) in [5.41, 5.74) is 2.18. The minimum Gasteiger partial charge on any atom is -1.00 e. The van der Waals surface area contributed by atoms with Crippen LogP contribution in [0, 0.1) is 0 Å². The Bertz CT molecular complexity index is 169. The molecular weight excluding hydrogens is 234 g/mol. The highest BCUT2D eigenvalue weighted by atomic mass is 79.9. The Hall–Kier alpha value is -0.130. The van der Waals surface area contributed by atoms with E-state index in [1.165, 1.54) is 19.3 Å². The zero-order valence-corrected chi connectivity index (χ0v) is 9.64. The maximum Gasteiger partial charge on any atom is 0.289 e. The number of likely N-dealkylation sites (N-methyl/N-ethyl adjacent to an activating group) is 1. The fourth-order valence-corrected chi connectivity index (χ4v) is 1.83. The Kier molecular flexibility index (Phi) is 5.51. The van der Waals surface area contributed by atoms with E-state index in [-0.39, 0.29) is 22.9 Å². The van der Waals surface area contributed by atoms with E-state index in [0.29, 0.717) is 6.54 Å². The van der Waals surface area contributed by atoms with E-state index in [2.05, 4.69) is 12.5 Å². The lowest BCUT2D eigenvalue weighted by Crippen LogP contribution is -3.00. The zero-order valence-electron chi connectivity index (χ0n) is 8.05. The third kappa shape index (κ3) is 4.06. The van der Waals surface area contributed by atoms with Crippen LogP contribution in [0.2, 0.25) is 0 Å².